The van der Waals surface area contributed by atoms with E-state index in [0.717, 1.165) is 16.8 Å². The van der Waals surface area contributed by atoms with Gasteiger partial charge >= 0.3 is 0 Å². The van der Waals surface area contributed by atoms with Gasteiger partial charge in [0.25, 0.3) is 5.91 Å². The number of nitrogens with zero attached hydrogens (tertiary/aromatic N) is 1. The number of carbonyl (C=O) groups excluding carboxylic acids is 1. The van der Waals surface area contributed by atoms with E-state index in [-0.39, 0.29) is 18.0 Å². The van der Waals surface area contributed by atoms with Crippen molar-refractivity contribution in [1.82, 2.24) is 5.32 Å². The van der Waals surface area contributed by atoms with Crippen LogP contribution in [-0.2, 0) is 4.79 Å². The molecule has 1 amide bonds. The predicted molar refractivity (Wildman–Crippen MR) is 106 cm³/mol. The minimum atomic E-state index is -0.313. The molecule has 1 saturated heterocycles. The van der Waals surface area contributed by atoms with Crippen molar-refractivity contribution in [1.29, 1.82) is 5.26 Å². The number of carbonyl (C=O) groups is 1. The third-order valence-electron chi connectivity index (χ3n) is 3.87. The third kappa shape index (κ3) is 4.54. The van der Waals surface area contributed by atoms with E-state index in [2.05, 4.69) is 10.6 Å². The van der Waals surface area contributed by atoms with E-state index in [9.17, 15) is 4.79 Å². The molecule has 0 radical (unpaired) electrons. The second-order valence-corrected chi connectivity index (χ2v) is 6.96. The summed E-state index contributed by atoms with van der Waals surface area (Å²) in [5, 5.41) is 14.9. The van der Waals surface area contributed by atoms with E-state index in [4.69, 9.17) is 14.7 Å². The van der Waals surface area contributed by atoms with Gasteiger partial charge in [-0.25, -0.2) is 0 Å². The summed E-state index contributed by atoms with van der Waals surface area (Å²) >= 11 is 1.38. The number of nitriles is 1. The van der Waals surface area contributed by atoms with Crippen molar-refractivity contribution >= 4 is 29.4 Å². The highest BCUT2D eigenvalue weighted by molar-refractivity contribution is 8.05. The Balaban J connectivity index is 1.78. The zero-order chi connectivity index (χ0) is 19.2. The van der Waals surface area contributed by atoms with Crippen molar-refractivity contribution in [2.24, 2.45) is 0 Å². The molecule has 6 nitrogen and oxygen atoms in total. The first-order valence-corrected chi connectivity index (χ1v) is 9.18. The Hall–Kier alpha value is -3.11. The molecule has 2 aromatic carbocycles. The molecule has 138 valence electrons. The molecular weight excluding hydrogens is 362 g/mol. The number of amides is 1. The molecule has 0 spiro atoms. The summed E-state index contributed by atoms with van der Waals surface area (Å²) in [5.74, 6) is 1.11. The number of benzene rings is 2. The van der Waals surface area contributed by atoms with E-state index >= 15 is 0 Å². The summed E-state index contributed by atoms with van der Waals surface area (Å²) < 4.78 is 10.8. The lowest BCUT2D eigenvalue weighted by molar-refractivity contribution is -0.116. The molecule has 0 aliphatic carbocycles. The Morgan fingerprint density at radius 1 is 1.30 bits per heavy atom. The second kappa shape index (κ2) is 8.52. The third-order valence-corrected chi connectivity index (χ3v) is 4.90. The normalized spacial score (nSPS) is 17.3. The fourth-order valence-electron chi connectivity index (χ4n) is 2.62. The van der Waals surface area contributed by atoms with Gasteiger partial charge in [-0.3, -0.25) is 4.79 Å². The second-order valence-electron chi connectivity index (χ2n) is 5.81. The van der Waals surface area contributed by atoms with Crippen molar-refractivity contribution in [3.63, 3.8) is 0 Å². The number of ether oxygens (including phenoxy) is 2. The summed E-state index contributed by atoms with van der Waals surface area (Å²) in [7, 11) is 1.61. The zero-order valence-electron chi connectivity index (χ0n) is 15.0. The maximum absolute atomic E-state index is 12.4. The summed E-state index contributed by atoms with van der Waals surface area (Å²) in [6.45, 7) is 1.95. The minimum absolute atomic E-state index is 0.0448. The van der Waals surface area contributed by atoms with Crippen LogP contribution in [0.2, 0.25) is 0 Å². The number of hydrogen-bond acceptors (Lipinski definition) is 6. The number of methoxy groups -OCH3 is 1. The summed E-state index contributed by atoms with van der Waals surface area (Å²) in [6.07, 6.45) is 1.77. The number of anilines is 1. The summed E-state index contributed by atoms with van der Waals surface area (Å²) in [6, 6.07) is 15.1. The first-order valence-electron chi connectivity index (χ1n) is 8.30. The molecule has 1 aliphatic heterocycles. The molecule has 0 aromatic heterocycles. The lowest BCUT2D eigenvalue weighted by Gasteiger charge is -2.16. The molecule has 1 unspecified atom stereocenters. The molecule has 1 heterocycles. The number of rotatable bonds is 6. The first kappa shape index (κ1) is 18.7. The highest BCUT2D eigenvalue weighted by Crippen LogP contribution is 2.34. The monoisotopic (exact) mass is 381 g/mol. The summed E-state index contributed by atoms with van der Waals surface area (Å²) in [4.78, 5) is 12.9. The van der Waals surface area contributed by atoms with E-state index in [1.165, 1.54) is 11.8 Å². The van der Waals surface area contributed by atoms with Crippen LogP contribution in [0.15, 0.2) is 47.4 Å². The van der Waals surface area contributed by atoms with Crippen LogP contribution >= 0.6 is 11.8 Å². The van der Waals surface area contributed by atoms with E-state index in [1.807, 2.05) is 49.4 Å². The molecule has 0 bridgehead atoms. The van der Waals surface area contributed by atoms with E-state index in [1.54, 1.807) is 19.3 Å². The number of para-hydroxylation sites is 1. The molecule has 1 atom stereocenters. The van der Waals surface area contributed by atoms with Crippen LogP contribution in [0.3, 0.4) is 0 Å². The largest absolute Gasteiger partial charge is 0.495 e. The Bertz CT molecular complexity index is 921. The molecule has 1 fully saturated rings. The standard InChI is InChI=1S/C20H19N3O3S/c1-13-7-8-17(25-2)15(11-13)22-20-23-19(24)18(27-20)12-14-5-3-4-6-16(14)26-10-9-21/h3-8,11-12,20,22H,10H2,1-2H3,(H,23,24)/b18-12-. The van der Waals surface area contributed by atoms with Gasteiger partial charge in [-0.05, 0) is 36.8 Å². The minimum Gasteiger partial charge on any atom is -0.495 e. The van der Waals surface area contributed by atoms with Crippen LogP contribution in [0, 0.1) is 18.3 Å². The molecular formula is C20H19N3O3S. The Morgan fingerprint density at radius 3 is 2.89 bits per heavy atom. The molecule has 3 rings (SSSR count). The van der Waals surface area contributed by atoms with Gasteiger partial charge in [0.1, 0.15) is 17.6 Å². The maximum atomic E-state index is 12.4. The van der Waals surface area contributed by atoms with E-state index in [0.29, 0.717) is 16.4 Å². The van der Waals surface area contributed by atoms with Gasteiger partial charge in [-0.15, -0.1) is 0 Å². The van der Waals surface area contributed by atoms with Crippen molar-refractivity contribution < 1.29 is 14.3 Å². The van der Waals surface area contributed by atoms with Crippen LogP contribution in [0.4, 0.5) is 5.69 Å². The van der Waals surface area contributed by atoms with Gasteiger partial charge in [0, 0.05) is 5.56 Å². The number of thioether (sulfide) groups is 1. The van der Waals surface area contributed by atoms with Gasteiger partial charge < -0.3 is 20.1 Å². The highest BCUT2D eigenvalue weighted by atomic mass is 32.2. The predicted octanol–water partition coefficient (Wildman–Crippen LogP) is 3.51. The highest BCUT2D eigenvalue weighted by Gasteiger charge is 2.28. The van der Waals surface area contributed by atoms with Crippen molar-refractivity contribution in [3.05, 3.63) is 58.5 Å². The van der Waals surface area contributed by atoms with Crippen LogP contribution in [0.5, 0.6) is 11.5 Å². The maximum Gasteiger partial charge on any atom is 0.260 e. The van der Waals surface area contributed by atoms with Gasteiger partial charge in [0.05, 0.1) is 17.7 Å². The van der Waals surface area contributed by atoms with Crippen molar-refractivity contribution in [2.45, 2.75) is 12.4 Å². The van der Waals surface area contributed by atoms with Crippen LogP contribution in [0.25, 0.3) is 6.08 Å². The van der Waals surface area contributed by atoms with Gasteiger partial charge in [-0.1, -0.05) is 36.0 Å². The number of aryl methyl sites for hydroxylation is 1. The van der Waals surface area contributed by atoms with Gasteiger partial charge in [0.2, 0.25) is 0 Å². The average Bonchev–Trinajstić information content (AvgIpc) is 3.00. The SMILES string of the molecule is COc1ccc(C)cc1NC1NC(=O)/C(=C/c2ccccc2OCC#N)S1. The average molecular weight is 381 g/mol. The van der Waals surface area contributed by atoms with Crippen molar-refractivity contribution in [3.8, 4) is 17.6 Å². The van der Waals surface area contributed by atoms with Gasteiger partial charge in [0.15, 0.2) is 12.1 Å². The van der Waals surface area contributed by atoms with Crippen LogP contribution < -0.4 is 20.1 Å². The molecule has 1 aliphatic rings. The molecule has 27 heavy (non-hydrogen) atoms. The molecule has 2 N–H and O–H groups in total. The topological polar surface area (TPSA) is 83.4 Å². The number of nitrogens with one attached hydrogen (secondary N) is 2. The fourth-order valence-corrected chi connectivity index (χ4v) is 3.59. The fraction of sp³-hybridized carbons (Fsp3) is 0.200. The van der Waals surface area contributed by atoms with Gasteiger partial charge in [-0.2, -0.15) is 5.26 Å². The van der Waals surface area contributed by atoms with Crippen LogP contribution in [-0.4, -0.2) is 25.1 Å². The molecule has 7 heteroatoms. The zero-order valence-corrected chi connectivity index (χ0v) is 15.8. The van der Waals surface area contributed by atoms with Crippen LogP contribution in [0.1, 0.15) is 11.1 Å². The lowest BCUT2D eigenvalue weighted by Crippen LogP contribution is -2.31. The van der Waals surface area contributed by atoms with Crippen molar-refractivity contribution in [2.75, 3.05) is 19.0 Å². The first-order chi connectivity index (χ1) is 13.1. The van der Waals surface area contributed by atoms with E-state index < -0.39 is 0 Å². The lowest BCUT2D eigenvalue weighted by atomic mass is 10.2. The quantitative estimate of drug-likeness (QED) is 0.745. The smallest absolute Gasteiger partial charge is 0.260 e. The number of hydrogen-bond donors (Lipinski definition) is 2. The molecule has 2 aromatic rings. The Morgan fingerprint density at radius 2 is 2.11 bits per heavy atom. The summed E-state index contributed by atoms with van der Waals surface area (Å²) in [5.41, 5.74) is 2.34. The molecule has 0 saturated carbocycles. The Kier molecular flexibility index (Phi) is 5.89. The Labute approximate surface area is 162 Å².